The Morgan fingerprint density at radius 3 is 2.39 bits per heavy atom. The van der Waals surface area contributed by atoms with Gasteiger partial charge in [-0.15, -0.1) is 0 Å². The predicted octanol–water partition coefficient (Wildman–Crippen LogP) is 5.56. The molecule has 11 heteroatoms. The number of hydrazine groups is 2. The van der Waals surface area contributed by atoms with Crippen LogP contribution in [0.25, 0.3) is 0 Å². The van der Waals surface area contributed by atoms with Gasteiger partial charge in [0.1, 0.15) is 23.0 Å². The first kappa shape index (κ1) is 33.6. The van der Waals surface area contributed by atoms with E-state index in [4.69, 9.17) is 22.4 Å². The van der Waals surface area contributed by atoms with E-state index < -0.39 is 11.5 Å². The van der Waals surface area contributed by atoms with Crippen molar-refractivity contribution >= 4 is 35.0 Å². The number of amides is 2. The van der Waals surface area contributed by atoms with Crippen LogP contribution in [-0.2, 0) is 4.79 Å². The second-order valence-electron chi connectivity index (χ2n) is 12.6. The van der Waals surface area contributed by atoms with Crippen LogP contribution < -0.4 is 22.1 Å². The van der Waals surface area contributed by atoms with E-state index in [2.05, 4.69) is 49.0 Å². The number of nitrogens with two attached hydrogens (primary N) is 1. The SMILES string of the molecule is CN=C(CNC(=O)c1ccc(C(CCC(C)C)N2C(=O)C(c3ccc(F)c(Cl)c3)=NC23CCC(C(C)C)CC3)cc1)NNN. The van der Waals surface area contributed by atoms with Crippen LogP contribution in [0.5, 0.6) is 0 Å². The topological polar surface area (TPSA) is 124 Å². The summed E-state index contributed by atoms with van der Waals surface area (Å²) in [6.45, 7) is 9.02. The molecule has 2 aliphatic rings. The molecule has 2 aromatic carbocycles. The lowest BCUT2D eigenvalue weighted by Crippen LogP contribution is -2.51. The number of benzene rings is 2. The van der Waals surface area contributed by atoms with Crippen LogP contribution in [0.2, 0.25) is 5.02 Å². The Kier molecular flexibility index (Phi) is 11.2. The number of nitrogens with zero attached hydrogens (tertiary/aromatic N) is 3. The summed E-state index contributed by atoms with van der Waals surface area (Å²) in [4.78, 5) is 38.5. The molecule has 1 atom stereocenters. The number of carbonyl (C=O) groups excluding carboxylic acids is 2. The Hall–Kier alpha value is -3.34. The van der Waals surface area contributed by atoms with Crippen molar-refractivity contribution in [1.82, 2.24) is 21.2 Å². The Bertz CT molecular complexity index is 1390. The van der Waals surface area contributed by atoms with Gasteiger partial charge in [0.25, 0.3) is 11.8 Å². The lowest BCUT2D eigenvalue weighted by molar-refractivity contribution is -0.133. The maximum Gasteiger partial charge on any atom is 0.275 e. The van der Waals surface area contributed by atoms with Gasteiger partial charge in [-0.1, -0.05) is 51.4 Å². The molecular formula is C33H45ClFN7O2. The first-order valence-electron chi connectivity index (χ1n) is 15.4. The second kappa shape index (κ2) is 14.6. The number of halogens is 2. The number of carbonyl (C=O) groups is 2. The molecular weight excluding hydrogens is 581 g/mol. The number of amidine groups is 1. The van der Waals surface area contributed by atoms with Crippen molar-refractivity contribution in [3.63, 3.8) is 0 Å². The molecule has 5 N–H and O–H groups in total. The molecule has 2 aromatic rings. The highest BCUT2D eigenvalue weighted by Gasteiger charge is 2.52. The molecule has 0 aromatic heterocycles. The van der Waals surface area contributed by atoms with E-state index in [1.165, 1.54) is 12.1 Å². The highest BCUT2D eigenvalue weighted by Crippen LogP contribution is 2.48. The van der Waals surface area contributed by atoms with Crippen LogP contribution in [-0.4, -0.2) is 47.5 Å². The van der Waals surface area contributed by atoms with Crippen molar-refractivity contribution in [3.05, 3.63) is 70.0 Å². The van der Waals surface area contributed by atoms with Crippen molar-refractivity contribution in [2.75, 3.05) is 13.6 Å². The fourth-order valence-corrected chi connectivity index (χ4v) is 6.50. The minimum Gasteiger partial charge on any atom is -0.345 e. The maximum atomic E-state index is 14.4. The quantitative estimate of drug-likeness (QED) is 0.113. The van der Waals surface area contributed by atoms with Crippen LogP contribution in [0.4, 0.5) is 4.39 Å². The molecule has 1 unspecified atom stereocenters. The molecule has 1 heterocycles. The van der Waals surface area contributed by atoms with E-state index in [0.717, 1.165) is 44.1 Å². The summed E-state index contributed by atoms with van der Waals surface area (Å²) in [5, 5.41) is 2.79. The molecule has 9 nitrogen and oxygen atoms in total. The zero-order chi connectivity index (χ0) is 32.0. The molecule has 1 aliphatic heterocycles. The lowest BCUT2D eigenvalue weighted by Gasteiger charge is -2.46. The van der Waals surface area contributed by atoms with E-state index in [1.54, 1.807) is 25.2 Å². The van der Waals surface area contributed by atoms with Gasteiger partial charge in [0.2, 0.25) is 0 Å². The third-order valence-electron chi connectivity index (χ3n) is 8.95. The van der Waals surface area contributed by atoms with Crippen LogP contribution in [0, 0.1) is 23.6 Å². The second-order valence-corrected chi connectivity index (χ2v) is 13.0. The Morgan fingerprint density at radius 2 is 1.82 bits per heavy atom. The third-order valence-corrected chi connectivity index (χ3v) is 9.24. The van der Waals surface area contributed by atoms with Crippen molar-refractivity contribution in [1.29, 1.82) is 0 Å². The highest BCUT2D eigenvalue weighted by molar-refractivity contribution is 6.47. The van der Waals surface area contributed by atoms with Crippen molar-refractivity contribution in [2.45, 2.75) is 77.9 Å². The first-order chi connectivity index (χ1) is 21.0. The number of aliphatic imine (C=N–C) groups is 2. The highest BCUT2D eigenvalue weighted by atomic mass is 35.5. The monoisotopic (exact) mass is 625 g/mol. The van der Waals surface area contributed by atoms with E-state index in [0.29, 0.717) is 40.4 Å². The van der Waals surface area contributed by atoms with Gasteiger partial charge in [-0.2, -0.15) is 5.53 Å². The average Bonchev–Trinajstić information content (AvgIpc) is 3.28. The zero-order valence-electron chi connectivity index (χ0n) is 26.3. The summed E-state index contributed by atoms with van der Waals surface area (Å²) in [7, 11) is 1.60. The van der Waals surface area contributed by atoms with E-state index in [-0.39, 0.29) is 29.4 Å². The van der Waals surface area contributed by atoms with Gasteiger partial charge in [0, 0.05) is 18.2 Å². The molecule has 2 amide bonds. The lowest BCUT2D eigenvalue weighted by atomic mass is 9.75. The fourth-order valence-electron chi connectivity index (χ4n) is 6.32. The standard InChI is InChI=1S/C33H45ClFN7O2/c1-20(2)6-13-28(23-7-9-24(10-8-23)31(43)38-19-29(37-5)40-41-36)42-32(44)30(25-11-12-27(35)26(34)18-25)39-33(42)16-14-22(15-17-33)21(3)4/h7-12,18,20-22,28,41H,6,13-17,19,36H2,1-5H3,(H,37,40)(H,38,43). The molecule has 0 radical (unpaired) electrons. The van der Waals surface area contributed by atoms with E-state index >= 15 is 0 Å². The van der Waals surface area contributed by atoms with Crippen LogP contribution in [0.3, 0.4) is 0 Å². The van der Waals surface area contributed by atoms with Gasteiger partial charge >= 0.3 is 0 Å². The summed E-state index contributed by atoms with van der Waals surface area (Å²) in [6.07, 6.45) is 5.09. The molecule has 0 saturated heterocycles. The number of rotatable bonds is 11. The van der Waals surface area contributed by atoms with Crippen LogP contribution in [0.1, 0.15) is 93.7 Å². The number of hydrogen-bond acceptors (Lipinski definition) is 6. The molecule has 1 fully saturated rings. The average molecular weight is 626 g/mol. The molecule has 44 heavy (non-hydrogen) atoms. The summed E-state index contributed by atoms with van der Waals surface area (Å²) in [6, 6.07) is 11.5. The van der Waals surface area contributed by atoms with Gasteiger partial charge in [0.15, 0.2) is 0 Å². The van der Waals surface area contributed by atoms with Gasteiger partial charge in [-0.25, -0.2) is 4.39 Å². The zero-order valence-corrected chi connectivity index (χ0v) is 27.0. The molecule has 238 valence electrons. The van der Waals surface area contributed by atoms with E-state index in [9.17, 15) is 14.0 Å². The van der Waals surface area contributed by atoms with Gasteiger partial charge in [0.05, 0.1) is 17.6 Å². The minimum absolute atomic E-state index is 0.0355. The summed E-state index contributed by atoms with van der Waals surface area (Å²) in [5.74, 6) is 6.36. The Balaban J connectivity index is 1.69. The predicted molar refractivity (Wildman–Crippen MR) is 174 cm³/mol. The minimum atomic E-state index is -0.698. The van der Waals surface area contributed by atoms with Gasteiger partial charge in [-0.3, -0.25) is 30.8 Å². The maximum absolute atomic E-state index is 14.4. The van der Waals surface area contributed by atoms with Crippen LogP contribution >= 0.6 is 11.6 Å². The first-order valence-corrected chi connectivity index (χ1v) is 15.8. The van der Waals surface area contributed by atoms with E-state index in [1.807, 2.05) is 17.0 Å². The van der Waals surface area contributed by atoms with Gasteiger partial charge in [-0.05, 0) is 92.2 Å². The van der Waals surface area contributed by atoms with Crippen molar-refractivity contribution in [3.8, 4) is 0 Å². The smallest absolute Gasteiger partial charge is 0.275 e. The summed E-state index contributed by atoms with van der Waals surface area (Å²) >= 11 is 6.15. The molecule has 1 spiro atoms. The fraction of sp³-hybridized carbons (Fsp3) is 0.515. The third kappa shape index (κ3) is 7.47. The molecule has 1 aliphatic carbocycles. The molecule has 4 rings (SSSR count). The van der Waals surface area contributed by atoms with Crippen molar-refractivity contribution < 1.29 is 14.0 Å². The van der Waals surface area contributed by atoms with Gasteiger partial charge < -0.3 is 10.2 Å². The summed E-state index contributed by atoms with van der Waals surface area (Å²) in [5.41, 5.74) is 6.57. The molecule has 0 bridgehead atoms. The number of hydrogen-bond donors (Lipinski definition) is 4. The Labute approximate surface area is 264 Å². The summed E-state index contributed by atoms with van der Waals surface area (Å²) < 4.78 is 14.1. The normalized spacial score (nSPS) is 21.3. The van der Waals surface area contributed by atoms with Crippen LogP contribution in [0.15, 0.2) is 52.4 Å². The largest absolute Gasteiger partial charge is 0.345 e. The van der Waals surface area contributed by atoms with Crippen molar-refractivity contribution in [2.24, 2.45) is 33.6 Å². The number of nitrogens with one attached hydrogen (secondary N) is 3. The molecule has 1 saturated carbocycles. The Morgan fingerprint density at radius 1 is 1.14 bits per heavy atom.